The second kappa shape index (κ2) is 8.32. The molecule has 2 rings (SSSR count). The number of hydrogen-bond acceptors (Lipinski definition) is 5. The number of sulfonamides is 1. The number of carbonyl (C=O) groups is 1. The Bertz CT molecular complexity index is 746. The van der Waals surface area contributed by atoms with Crippen LogP contribution in [0.2, 0.25) is 0 Å². The maximum atomic E-state index is 13.3. The van der Waals surface area contributed by atoms with Gasteiger partial charge in [-0.3, -0.25) is 10.0 Å². The maximum absolute atomic E-state index is 13.3. The highest BCUT2D eigenvalue weighted by molar-refractivity contribution is 7.89. The van der Waals surface area contributed by atoms with Crippen molar-refractivity contribution in [3.8, 4) is 0 Å². The van der Waals surface area contributed by atoms with Gasteiger partial charge >= 0.3 is 0 Å². The molecular weight excluding hydrogens is 361 g/mol. The van der Waals surface area contributed by atoms with Crippen LogP contribution in [-0.4, -0.2) is 55.8 Å². The third-order valence-electron chi connectivity index (χ3n) is 4.77. The molecule has 26 heavy (non-hydrogen) atoms. The molecule has 1 aromatic rings. The first-order valence-corrected chi connectivity index (χ1v) is 10.2. The molecule has 1 atom stereocenters. The summed E-state index contributed by atoms with van der Waals surface area (Å²) in [6.07, 6.45) is 0. The number of piperazine rings is 1. The van der Waals surface area contributed by atoms with Crippen molar-refractivity contribution < 1.29 is 22.8 Å². The topological polar surface area (TPSA) is 90.0 Å². The molecule has 1 aromatic carbocycles. The van der Waals surface area contributed by atoms with E-state index in [-0.39, 0.29) is 17.5 Å². The number of nitrogens with one attached hydrogen (secondary N) is 1. The Morgan fingerprint density at radius 2 is 1.88 bits per heavy atom. The molecule has 0 saturated carbocycles. The van der Waals surface area contributed by atoms with Crippen molar-refractivity contribution in [2.24, 2.45) is 11.8 Å². The van der Waals surface area contributed by atoms with Crippen LogP contribution in [0.5, 0.6) is 0 Å². The largest absolute Gasteiger partial charge is 0.369 e. The van der Waals surface area contributed by atoms with E-state index in [4.69, 9.17) is 5.21 Å². The molecule has 0 aromatic heterocycles. The molecule has 1 saturated heterocycles. The van der Waals surface area contributed by atoms with E-state index in [1.807, 2.05) is 11.8 Å². The van der Waals surface area contributed by atoms with Gasteiger partial charge in [-0.05, 0) is 36.6 Å². The Morgan fingerprint density at radius 1 is 1.27 bits per heavy atom. The Balaban J connectivity index is 2.04. The normalized spacial score (nSPS) is 17.4. The molecule has 1 unspecified atom stereocenters. The van der Waals surface area contributed by atoms with E-state index in [0.717, 1.165) is 11.3 Å². The van der Waals surface area contributed by atoms with Crippen molar-refractivity contribution in [1.29, 1.82) is 0 Å². The van der Waals surface area contributed by atoms with Crippen LogP contribution in [0.3, 0.4) is 0 Å². The molecule has 1 heterocycles. The van der Waals surface area contributed by atoms with Crippen LogP contribution in [-0.2, 0) is 14.8 Å². The Labute approximate surface area is 153 Å². The van der Waals surface area contributed by atoms with Crippen molar-refractivity contribution >= 4 is 21.6 Å². The quantitative estimate of drug-likeness (QED) is 0.568. The SMILES string of the molecule is Cc1cc(F)ccc1N1CCN(S(=O)(=O)CC(C(=O)NO)C(C)C)CC1. The zero-order chi connectivity index (χ0) is 19.5. The summed E-state index contributed by atoms with van der Waals surface area (Å²) in [6.45, 7) is 6.88. The van der Waals surface area contributed by atoms with E-state index < -0.39 is 21.8 Å². The Morgan fingerprint density at radius 3 is 2.38 bits per heavy atom. The maximum Gasteiger partial charge on any atom is 0.247 e. The summed E-state index contributed by atoms with van der Waals surface area (Å²) in [4.78, 5) is 13.8. The fourth-order valence-corrected chi connectivity index (χ4v) is 5.09. The number of hydrogen-bond donors (Lipinski definition) is 2. The fourth-order valence-electron chi connectivity index (χ4n) is 3.17. The second-order valence-corrected chi connectivity index (χ2v) is 8.94. The number of rotatable bonds is 6. The predicted octanol–water partition coefficient (Wildman–Crippen LogP) is 1.36. The molecule has 1 fully saturated rings. The predicted molar refractivity (Wildman–Crippen MR) is 97.0 cm³/mol. The van der Waals surface area contributed by atoms with Crippen molar-refractivity contribution in [3.63, 3.8) is 0 Å². The van der Waals surface area contributed by atoms with Crippen LogP contribution >= 0.6 is 0 Å². The Kier molecular flexibility index (Phi) is 6.59. The summed E-state index contributed by atoms with van der Waals surface area (Å²) < 4.78 is 40.0. The number of carbonyl (C=O) groups excluding carboxylic acids is 1. The fraction of sp³-hybridized carbons (Fsp3) is 0.588. The van der Waals surface area contributed by atoms with Crippen LogP contribution in [0.25, 0.3) is 0 Å². The van der Waals surface area contributed by atoms with Crippen LogP contribution in [0.4, 0.5) is 10.1 Å². The number of nitrogens with zero attached hydrogens (tertiary/aromatic N) is 2. The number of aryl methyl sites for hydroxylation is 1. The van der Waals surface area contributed by atoms with Crippen LogP contribution in [0.1, 0.15) is 19.4 Å². The highest BCUT2D eigenvalue weighted by atomic mass is 32.2. The van der Waals surface area contributed by atoms with Gasteiger partial charge in [0.2, 0.25) is 15.9 Å². The number of hydroxylamine groups is 1. The highest BCUT2D eigenvalue weighted by Gasteiger charge is 2.33. The lowest BCUT2D eigenvalue weighted by Gasteiger charge is -2.36. The minimum Gasteiger partial charge on any atom is -0.369 e. The van der Waals surface area contributed by atoms with Gasteiger partial charge in [-0.25, -0.2) is 18.3 Å². The van der Waals surface area contributed by atoms with Gasteiger partial charge in [-0.1, -0.05) is 13.8 Å². The first-order valence-electron chi connectivity index (χ1n) is 8.58. The number of halogens is 1. The van der Waals surface area contributed by atoms with E-state index in [0.29, 0.717) is 26.2 Å². The first kappa shape index (κ1) is 20.6. The third-order valence-corrected chi connectivity index (χ3v) is 6.71. The number of anilines is 1. The average Bonchev–Trinajstić information content (AvgIpc) is 2.59. The van der Waals surface area contributed by atoms with E-state index in [9.17, 15) is 17.6 Å². The zero-order valence-electron chi connectivity index (χ0n) is 15.3. The lowest BCUT2D eigenvalue weighted by atomic mass is 9.97. The van der Waals surface area contributed by atoms with Gasteiger partial charge in [0, 0.05) is 31.9 Å². The minimum absolute atomic E-state index is 0.222. The molecular formula is C17H26FN3O4S. The molecule has 9 heteroatoms. The molecule has 0 radical (unpaired) electrons. The summed E-state index contributed by atoms with van der Waals surface area (Å²) in [5.41, 5.74) is 3.25. The van der Waals surface area contributed by atoms with E-state index in [2.05, 4.69) is 0 Å². The highest BCUT2D eigenvalue weighted by Crippen LogP contribution is 2.24. The average molecular weight is 387 g/mol. The molecule has 1 aliphatic rings. The van der Waals surface area contributed by atoms with Crippen molar-refractivity contribution in [2.45, 2.75) is 20.8 Å². The summed E-state index contributed by atoms with van der Waals surface area (Å²) in [5.74, 6) is -2.37. The first-order chi connectivity index (χ1) is 12.2. The van der Waals surface area contributed by atoms with Gasteiger partial charge in [-0.2, -0.15) is 4.31 Å². The van der Waals surface area contributed by atoms with Gasteiger partial charge in [0.05, 0.1) is 11.7 Å². The molecule has 7 nitrogen and oxygen atoms in total. The lowest BCUT2D eigenvalue weighted by molar-refractivity contribution is -0.134. The Hall–Kier alpha value is -1.71. The second-order valence-electron chi connectivity index (χ2n) is 6.92. The smallest absolute Gasteiger partial charge is 0.247 e. The van der Waals surface area contributed by atoms with Gasteiger partial charge < -0.3 is 4.90 Å². The summed E-state index contributed by atoms with van der Waals surface area (Å²) >= 11 is 0. The van der Waals surface area contributed by atoms with Crippen LogP contribution in [0.15, 0.2) is 18.2 Å². The molecule has 2 N–H and O–H groups in total. The summed E-state index contributed by atoms with van der Waals surface area (Å²) in [7, 11) is -3.63. The van der Waals surface area contributed by atoms with E-state index in [1.165, 1.54) is 16.4 Å². The van der Waals surface area contributed by atoms with Crippen LogP contribution < -0.4 is 10.4 Å². The molecule has 1 amide bonds. The third kappa shape index (κ3) is 4.72. The van der Waals surface area contributed by atoms with Crippen molar-refractivity contribution in [3.05, 3.63) is 29.6 Å². The van der Waals surface area contributed by atoms with Crippen molar-refractivity contribution in [2.75, 3.05) is 36.8 Å². The molecule has 0 aliphatic carbocycles. The summed E-state index contributed by atoms with van der Waals surface area (Å²) in [5, 5.41) is 8.83. The zero-order valence-corrected chi connectivity index (χ0v) is 16.1. The number of amides is 1. The lowest BCUT2D eigenvalue weighted by Crippen LogP contribution is -2.51. The number of benzene rings is 1. The van der Waals surface area contributed by atoms with Crippen LogP contribution in [0, 0.1) is 24.6 Å². The van der Waals surface area contributed by atoms with Crippen molar-refractivity contribution in [1.82, 2.24) is 9.79 Å². The van der Waals surface area contributed by atoms with E-state index in [1.54, 1.807) is 25.4 Å². The molecule has 146 valence electrons. The molecule has 0 spiro atoms. The van der Waals surface area contributed by atoms with Gasteiger partial charge in [0.15, 0.2) is 0 Å². The van der Waals surface area contributed by atoms with Gasteiger partial charge in [0.25, 0.3) is 0 Å². The monoisotopic (exact) mass is 387 g/mol. The standard InChI is InChI=1S/C17H26FN3O4S/c1-12(2)15(17(22)19-23)11-26(24,25)21-8-6-20(7-9-21)16-5-4-14(18)10-13(16)3/h4-5,10,12,15,23H,6-9,11H2,1-3H3,(H,19,22). The minimum atomic E-state index is -3.63. The summed E-state index contributed by atoms with van der Waals surface area (Å²) in [6, 6.07) is 4.56. The molecule has 1 aliphatic heterocycles. The van der Waals surface area contributed by atoms with Gasteiger partial charge in [0.1, 0.15) is 5.82 Å². The van der Waals surface area contributed by atoms with Gasteiger partial charge in [-0.15, -0.1) is 0 Å². The molecule has 0 bridgehead atoms. The van der Waals surface area contributed by atoms with E-state index >= 15 is 0 Å².